The van der Waals surface area contributed by atoms with E-state index in [1.165, 1.54) is 0 Å². The van der Waals surface area contributed by atoms with Gasteiger partial charge in [-0.1, -0.05) is 0 Å². The summed E-state index contributed by atoms with van der Waals surface area (Å²) in [5.74, 6) is 0. The molecule has 0 bridgehead atoms. The third-order valence-corrected chi connectivity index (χ3v) is 3.61. The van der Waals surface area contributed by atoms with Crippen LogP contribution in [0.2, 0.25) is 0 Å². The largest absolute Gasteiger partial charge is 0.394 e. The lowest BCUT2D eigenvalue weighted by atomic mass is 9.99. The van der Waals surface area contributed by atoms with Crippen molar-refractivity contribution < 1.29 is 55.4 Å². The van der Waals surface area contributed by atoms with Gasteiger partial charge in [0, 0.05) is 0 Å². The van der Waals surface area contributed by atoms with E-state index < -0.39 is 74.9 Å². The molecular weight excluding hydrogens is 320 g/mol. The summed E-state index contributed by atoms with van der Waals surface area (Å²) in [6.45, 7) is -2.16. The molecule has 1 heterocycles. The van der Waals surface area contributed by atoms with Crippen LogP contribution in [0.4, 0.5) is 0 Å². The van der Waals surface area contributed by atoms with E-state index in [1.54, 1.807) is 0 Å². The summed E-state index contributed by atoms with van der Waals surface area (Å²) in [6, 6.07) is 0. The molecule has 0 saturated carbocycles. The Labute approximate surface area is 131 Å². The second-order valence-electron chi connectivity index (χ2n) is 5.33. The molecule has 0 aromatic carbocycles. The zero-order valence-electron chi connectivity index (χ0n) is 12.2. The third kappa shape index (κ3) is 5.01. The number of aliphatic hydroxyl groups excluding tert-OH is 9. The molecule has 1 fully saturated rings. The van der Waals surface area contributed by atoms with Crippen LogP contribution >= 0.6 is 0 Å². The smallest absolute Gasteiger partial charge is 0.186 e. The number of aliphatic hydroxyl groups is 9. The van der Waals surface area contributed by atoms with Crippen molar-refractivity contribution in [2.45, 2.75) is 55.1 Å². The molecule has 9 N–H and O–H groups in total. The van der Waals surface area contributed by atoms with Gasteiger partial charge in [-0.25, -0.2) is 0 Å². The summed E-state index contributed by atoms with van der Waals surface area (Å²) >= 11 is 0. The first-order chi connectivity index (χ1) is 10.7. The number of hydrogen-bond acceptors (Lipinski definition) is 11. The molecular formula is C12H24O11. The fraction of sp³-hybridized carbons (Fsp3) is 1.00. The first kappa shape index (κ1) is 20.6. The first-order valence-electron chi connectivity index (χ1n) is 6.99. The maximum Gasteiger partial charge on any atom is 0.186 e. The molecule has 0 aliphatic carbocycles. The quantitative estimate of drug-likeness (QED) is 0.203. The van der Waals surface area contributed by atoms with Crippen molar-refractivity contribution in [2.24, 2.45) is 0 Å². The molecule has 1 aliphatic rings. The Balaban J connectivity index is 2.55. The van der Waals surface area contributed by atoms with E-state index in [2.05, 4.69) is 0 Å². The van der Waals surface area contributed by atoms with Crippen LogP contribution in [0.5, 0.6) is 0 Å². The van der Waals surface area contributed by atoms with Crippen LogP contribution in [0, 0.1) is 0 Å². The Hall–Kier alpha value is -0.440. The summed E-state index contributed by atoms with van der Waals surface area (Å²) in [7, 11) is 0. The van der Waals surface area contributed by atoms with Crippen molar-refractivity contribution in [3.8, 4) is 0 Å². The summed E-state index contributed by atoms with van der Waals surface area (Å²) in [5, 5.41) is 84.4. The normalized spacial score (nSPS) is 37.2. The SMILES string of the molecule is OC[C@@H](O)[C@@H](O)[C@H](O)[C@H](O)CO[C@H]1O[C@H](CO)[C@@H](O)[C@H](O)[C@H]1O. The molecule has 23 heavy (non-hydrogen) atoms. The van der Waals surface area contributed by atoms with Gasteiger partial charge < -0.3 is 55.4 Å². The third-order valence-electron chi connectivity index (χ3n) is 3.61. The fourth-order valence-corrected chi connectivity index (χ4v) is 2.06. The van der Waals surface area contributed by atoms with Gasteiger partial charge in [-0.2, -0.15) is 0 Å². The van der Waals surface area contributed by atoms with Gasteiger partial charge in [0.15, 0.2) is 6.29 Å². The van der Waals surface area contributed by atoms with Crippen molar-refractivity contribution >= 4 is 0 Å². The number of hydrogen-bond donors (Lipinski definition) is 9. The van der Waals surface area contributed by atoms with Crippen LogP contribution in [0.1, 0.15) is 0 Å². The van der Waals surface area contributed by atoms with Crippen LogP contribution < -0.4 is 0 Å². The molecule has 0 aromatic heterocycles. The Bertz CT molecular complexity index is 341. The topological polar surface area (TPSA) is 201 Å². The van der Waals surface area contributed by atoms with Gasteiger partial charge in [0.2, 0.25) is 0 Å². The highest BCUT2D eigenvalue weighted by atomic mass is 16.7. The van der Waals surface area contributed by atoms with E-state index in [-0.39, 0.29) is 0 Å². The molecule has 1 aliphatic heterocycles. The Morgan fingerprint density at radius 2 is 1.39 bits per heavy atom. The molecule has 1 rings (SSSR count). The van der Waals surface area contributed by atoms with Crippen LogP contribution in [0.15, 0.2) is 0 Å². The van der Waals surface area contributed by atoms with Crippen LogP contribution in [0.3, 0.4) is 0 Å². The first-order valence-corrected chi connectivity index (χ1v) is 6.99. The molecule has 0 spiro atoms. The Kier molecular flexibility index (Phi) is 8.20. The lowest BCUT2D eigenvalue weighted by molar-refractivity contribution is -0.306. The highest BCUT2D eigenvalue weighted by molar-refractivity contribution is 4.89. The standard InChI is InChI=1S/C12H24O11/c13-1-4(15)7(17)8(18)5(16)3-22-12-11(21)10(20)9(19)6(2-14)23-12/h4-21H,1-3H2/t4-,5-,6-,7-,8-,9-,10+,11-,12+/m1/s1. The van der Waals surface area contributed by atoms with Crippen molar-refractivity contribution in [2.75, 3.05) is 19.8 Å². The van der Waals surface area contributed by atoms with Gasteiger partial charge >= 0.3 is 0 Å². The van der Waals surface area contributed by atoms with Crippen molar-refractivity contribution in [1.29, 1.82) is 0 Å². The lowest BCUT2D eigenvalue weighted by Crippen LogP contribution is -2.59. The van der Waals surface area contributed by atoms with Gasteiger partial charge in [0.1, 0.15) is 48.8 Å². The molecule has 9 atom stereocenters. The molecule has 0 radical (unpaired) electrons. The second-order valence-corrected chi connectivity index (χ2v) is 5.33. The van der Waals surface area contributed by atoms with E-state index in [9.17, 15) is 35.7 Å². The Morgan fingerprint density at radius 3 is 1.91 bits per heavy atom. The van der Waals surface area contributed by atoms with Gasteiger partial charge in [0.05, 0.1) is 19.8 Å². The molecule has 138 valence electrons. The molecule has 0 aromatic rings. The van der Waals surface area contributed by atoms with Gasteiger partial charge in [-0.3, -0.25) is 0 Å². The predicted molar refractivity (Wildman–Crippen MR) is 70.8 cm³/mol. The van der Waals surface area contributed by atoms with E-state index in [0.29, 0.717) is 0 Å². The average molecular weight is 344 g/mol. The minimum atomic E-state index is -1.86. The van der Waals surface area contributed by atoms with E-state index >= 15 is 0 Å². The molecule has 1 saturated heterocycles. The van der Waals surface area contributed by atoms with Gasteiger partial charge in [-0.15, -0.1) is 0 Å². The van der Waals surface area contributed by atoms with Crippen molar-refractivity contribution in [3.63, 3.8) is 0 Å². The monoisotopic (exact) mass is 344 g/mol. The molecule has 11 heteroatoms. The zero-order valence-corrected chi connectivity index (χ0v) is 12.2. The second kappa shape index (κ2) is 9.15. The van der Waals surface area contributed by atoms with Crippen LogP contribution in [-0.2, 0) is 9.47 Å². The Morgan fingerprint density at radius 1 is 0.826 bits per heavy atom. The zero-order chi connectivity index (χ0) is 17.7. The summed E-state index contributed by atoms with van der Waals surface area (Å²) in [6.07, 6.45) is -14.7. The highest BCUT2D eigenvalue weighted by Gasteiger charge is 2.44. The molecule has 11 nitrogen and oxygen atoms in total. The summed E-state index contributed by atoms with van der Waals surface area (Å²) < 4.78 is 9.99. The van der Waals surface area contributed by atoms with E-state index in [1.807, 2.05) is 0 Å². The van der Waals surface area contributed by atoms with Crippen molar-refractivity contribution in [1.82, 2.24) is 0 Å². The molecule has 0 unspecified atom stereocenters. The lowest BCUT2D eigenvalue weighted by Gasteiger charge is -2.40. The highest BCUT2D eigenvalue weighted by Crippen LogP contribution is 2.22. The minimum absolute atomic E-state index is 0.655. The minimum Gasteiger partial charge on any atom is -0.394 e. The number of ether oxygens (including phenoxy) is 2. The van der Waals surface area contributed by atoms with E-state index in [4.69, 9.17) is 19.7 Å². The maximum absolute atomic E-state index is 9.70. The van der Waals surface area contributed by atoms with E-state index in [0.717, 1.165) is 0 Å². The van der Waals surface area contributed by atoms with Crippen molar-refractivity contribution in [3.05, 3.63) is 0 Å². The molecule has 0 amide bonds. The van der Waals surface area contributed by atoms with Crippen LogP contribution in [-0.4, -0.2) is 121 Å². The number of rotatable bonds is 8. The maximum atomic E-state index is 9.70. The van der Waals surface area contributed by atoms with Crippen LogP contribution in [0.25, 0.3) is 0 Å². The summed E-state index contributed by atoms with van der Waals surface area (Å²) in [4.78, 5) is 0. The van der Waals surface area contributed by atoms with Gasteiger partial charge in [-0.05, 0) is 0 Å². The average Bonchev–Trinajstić information content (AvgIpc) is 2.56. The van der Waals surface area contributed by atoms with Gasteiger partial charge in [0.25, 0.3) is 0 Å². The predicted octanol–water partition coefficient (Wildman–Crippen LogP) is -5.76. The fourth-order valence-electron chi connectivity index (χ4n) is 2.06. The summed E-state index contributed by atoms with van der Waals surface area (Å²) in [5.41, 5.74) is 0.